The van der Waals surface area contributed by atoms with Gasteiger partial charge in [-0.3, -0.25) is 9.78 Å². The van der Waals surface area contributed by atoms with Crippen LogP contribution in [0.1, 0.15) is 28.5 Å². The molecule has 2 heterocycles. The Labute approximate surface area is 118 Å². The lowest BCUT2D eigenvalue weighted by molar-refractivity contribution is 0.0750. The minimum atomic E-state index is 0.0334. The van der Waals surface area contributed by atoms with Gasteiger partial charge in [0.05, 0.1) is 18.8 Å². The van der Waals surface area contributed by atoms with Crippen molar-refractivity contribution in [3.63, 3.8) is 0 Å². The van der Waals surface area contributed by atoms with Crippen molar-refractivity contribution in [2.75, 3.05) is 6.61 Å². The van der Waals surface area contributed by atoms with Crippen molar-refractivity contribution in [1.82, 2.24) is 9.88 Å². The second kappa shape index (κ2) is 5.33. The number of benzene rings is 1. The van der Waals surface area contributed by atoms with Gasteiger partial charge in [-0.1, -0.05) is 6.07 Å². The molecule has 0 spiro atoms. The Hall–Kier alpha value is -2.36. The van der Waals surface area contributed by atoms with Crippen LogP contribution in [-0.2, 0) is 13.1 Å². The molecular formula is C16H16N2O2. The van der Waals surface area contributed by atoms with E-state index in [1.54, 1.807) is 6.20 Å². The highest BCUT2D eigenvalue weighted by atomic mass is 16.5. The number of carbonyl (C=O) groups excluding carboxylic acids is 1. The van der Waals surface area contributed by atoms with Gasteiger partial charge in [0, 0.05) is 18.3 Å². The summed E-state index contributed by atoms with van der Waals surface area (Å²) < 4.78 is 5.38. The largest absolute Gasteiger partial charge is 0.494 e. The van der Waals surface area contributed by atoms with Gasteiger partial charge in [0.1, 0.15) is 5.75 Å². The van der Waals surface area contributed by atoms with Crippen LogP contribution < -0.4 is 4.74 Å². The second-order valence-corrected chi connectivity index (χ2v) is 4.73. The third-order valence-corrected chi connectivity index (χ3v) is 3.39. The quantitative estimate of drug-likeness (QED) is 0.859. The number of nitrogens with zero attached hydrogens (tertiary/aromatic N) is 2. The summed E-state index contributed by atoms with van der Waals surface area (Å²) in [4.78, 5) is 18.6. The summed E-state index contributed by atoms with van der Waals surface area (Å²) >= 11 is 0. The maximum atomic E-state index is 12.4. The number of hydrogen-bond donors (Lipinski definition) is 0. The van der Waals surface area contributed by atoms with Crippen molar-refractivity contribution < 1.29 is 9.53 Å². The first-order valence-electron chi connectivity index (χ1n) is 6.73. The van der Waals surface area contributed by atoms with Crippen molar-refractivity contribution in [2.45, 2.75) is 20.0 Å². The zero-order chi connectivity index (χ0) is 13.9. The zero-order valence-electron chi connectivity index (χ0n) is 11.4. The SMILES string of the molecule is CCOc1ccc(C(=O)N2Cc3cccnc3C2)cc1. The van der Waals surface area contributed by atoms with Crippen molar-refractivity contribution in [1.29, 1.82) is 0 Å². The molecule has 0 aliphatic carbocycles. The molecule has 0 unspecified atom stereocenters. The maximum absolute atomic E-state index is 12.4. The van der Waals surface area contributed by atoms with Crippen LogP contribution in [0.5, 0.6) is 5.75 Å². The normalized spacial score (nSPS) is 13.2. The van der Waals surface area contributed by atoms with Crippen LogP contribution in [-0.4, -0.2) is 22.4 Å². The molecule has 2 aromatic rings. The van der Waals surface area contributed by atoms with E-state index >= 15 is 0 Å². The van der Waals surface area contributed by atoms with E-state index in [9.17, 15) is 4.79 Å². The number of hydrogen-bond acceptors (Lipinski definition) is 3. The molecule has 0 bridgehead atoms. The molecule has 1 aromatic heterocycles. The third-order valence-electron chi connectivity index (χ3n) is 3.39. The van der Waals surface area contributed by atoms with E-state index in [4.69, 9.17) is 4.74 Å². The topological polar surface area (TPSA) is 42.4 Å². The van der Waals surface area contributed by atoms with Gasteiger partial charge in [0.15, 0.2) is 0 Å². The molecule has 1 aromatic carbocycles. The van der Waals surface area contributed by atoms with E-state index in [2.05, 4.69) is 4.98 Å². The summed E-state index contributed by atoms with van der Waals surface area (Å²) in [5.74, 6) is 0.821. The molecule has 1 amide bonds. The summed E-state index contributed by atoms with van der Waals surface area (Å²) in [6, 6.07) is 11.2. The van der Waals surface area contributed by atoms with Crippen LogP contribution in [0.2, 0.25) is 0 Å². The van der Waals surface area contributed by atoms with Gasteiger partial charge in [0.25, 0.3) is 5.91 Å². The number of ether oxygens (including phenoxy) is 1. The van der Waals surface area contributed by atoms with Crippen LogP contribution in [0, 0.1) is 0 Å². The monoisotopic (exact) mass is 268 g/mol. The summed E-state index contributed by atoms with van der Waals surface area (Å²) in [5, 5.41) is 0. The Kier molecular flexibility index (Phi) is 3.37. The molecule has 4 nitrogen and oxygen atoms in total. The molecule has 0 radical (unpaired) electrons. The van der Waals surface area contributed by atoms with Crippen molar-refractivity contribution >= 4 is 5.91 Å². The van der Waals surface area contributed by atoms with Crippen LogP contribution in [0.15, 0.2) is 42.6 Å². The Morgan fingerprint density at radius 2 is 2.05 bits per heavy atom. The van der Waals surface area contributed by atoms with Crippen LogP contribution in [0.3, 0.4) is 0 Å². The average Bonchev–Trinajstić information content (AvgIpc) is 2.91. The fourth-order valence-electron chi connectivity index (χ4n) is 2.39. The summed E-state index contributed by atoms with van der Waals surface area (Å²) in [5.41, 5.74) is 2.81. The number of amides is 1. The summed E-state index contributed by atoms with van der Waals surface area (Å²) in [7, 11) is 0. The second-order valence-electron chi connectivity index (χ2n) is 4.73. The lowest BCUT2D eigenvalue weighted by Crippen LogP contribution is -2.25. The number of aromatic nitrogens is 1. The highest BCUT2D eigenvalue weighted by Crippen LogP contribution is 2.23. The number of rotatable bonds is 3. The lowest BCUT2D eigenvalue weighted by atomic mass is 10.2. The molecule has 1 aliphatic heterocycles. The summed E-state index contributed by atoms with van der Waals surface area (Å²) in [6.45, 7) is 3.78. The first kappa shape index (κ1) is 12.7. The van der Waals surface area contributed by atoms with E-state index in [-0.39, 0.29) is 5.91 Å². The third kappa shape index (κ3) is 2.37. The van der Waals surface area contributed by atoms with Gasteiger partial charge in [0.2, 0.25) is 0 Å². The van der Waals surface area contributed by atoms with Crippen molar-refractivity contribution in [3.05, 3.63) is 59.4 Å². The number of carbonyl (C=O) groups is 1. The fourth-order valence-corrected chi connectivity index (χ4v) is 2.39. The van der Waals surface area contributed by atoms with Gasteiger partial charge in [-0.05, 0) is 42.8 Å². The van der Waals surface area contributed by atoms with Gasteiger partial charge in [-0.2, -0.15) is 0 Å². The molecule has 0 saturated heterocycles. The van der Waals surface area contributed by atoms with Gasteiger partial charge in [-0.25, -0.2) is 0 Å². The minimum Gasteiger partial charge on any atom is -0.494 e. The highest BCUT2D eigenvalue weighted by Gasteiger charge is 2.24. The van der Waals surface area contributed by atoms with Crippen LogP contribution in [0.4, 0.5) is 0 Å². The fraction of sp³-hybridized carbons (Fsp3) is 0.250. The molecule has 0 N–H and O–H groups in total. The molecule has 0 atom stereocenters. The molecule has 4 heteroatoms. The Bertz CT molecular complexity index is 598. The van der Waals surface area contributed by atoms with Crippen molar-refractivity contribution in [3.8, 4) is 5.75 Å². The molecular weight excluding hydrogens is 252 g/mol. The van der Waals surface area contributed by atoms with E-state index in [0.29, 0.717) is 25.3 Å². The van der Waals surface area contributed by atoms with Gasteiger partial charge >= 0.3 is 0 Å². The lowest BCUT2D eigenvalue weighted by Gasteiger charge is -2.15. The standard InChI is InChI=1S/C16H16N2O2/c1-2-20-14-7-5-12(6-8-14)16(19)18-10-13-4-3-9-17-15(13)11-18/h3-9H,2,10-11H2,1H3. The number of fused-ring (bicyclic) bond motifs is 1. The van der Waals surface area contributed by atoms with Crippen LogP contribution in [0.25, 0.3) is 0 Å². The molecule has 1 aliphatic rings. The van der Waals surface area contributed by atoms with Crippen molar-refractivity contribution in [2.24, 2.45) is 0 Å². The van der Waals surface area contributed by atoms with E-state index in [0.717, 1.165) is 17.0 Å². The maximum Gasteiger partial charge on any atom is 0.254 e. The number of pyridine rings is 1. The van der Waals surface area contributed by atoms with Gasteiger partial charge < -0.3 is 9.64 Å². The van der Waals surface area contributed by atoms with E-state index < -0.39 is 0 Å². The Morgan fingerprint density at radius 1 is 1.25 bits per heavy atom. The first-order chi connectivity index (χ1) is 9.78. The van der Waals surface area contributed by atoms with Crippen LogP contribution >= 0.6 is 0 Å². The molecule has 102 valence electrons. The predicted octanol–water partition coefficient (Wildman–Crippen LogP) is 2.64. The van der Waals surface area contributed by atoms with E-state index in [1.807, 2.05) is 48.2 Å². The van der Waals surface area contributed by atoms with Gasteiger partial charge in [-0.15, -0.1) is 0 Å². The Balaban J connectivity index is 1.74. The molecule has 0 fully saturated rings. The smallest absolute Gasteiger partial charge is 0.254 e. The Morgan fingerprint density at radius 3 is 2.75 bits per heavy atom. The zero-order valence-corrected chi connectivity index (χ0v) is 11.4. The molecule has 20 heavy (non-hydrogen) atoms. The molecule has 3 rings (SSSR count). The predicted molar refractivity (Wildman–Crippen MR) is 75.4 cm³/mol. The molecule has 0 saturated carbocycles. The van der Waals surface area contributed by atoms with E-state index in [1.165, 1.54) is 0 Å². The first-order valence-corrected chi connectivity index (χ1v) is 6.73. The highest BCUT2D eigenvalue weighted by molar-refractivity contribution is 5.94. The minimum absolute atomic E-state index is 0.0334. The summed E-state index contributed by atoms with van der Waals surface area (Å²) in [6.07, 6.45) is 1.77. The average molecular weight is 268 g/mol.